The van der Waals surface area contributed by atoms with Gasteiger partial charge in [0.05, 0.1) is 4.47 Å². The summed E-state index contributed by atoms with van der Waals surface area (Å²) in [6.45, 7) is 1.86. The third-order valence-corrected chi connectivity index (χ3v) is 2.66. The number of hydrogen-bond acceptors (Lipinski definition) is 1. The average molecular weight is 242 g/mol. The van der Waals surface area contributed by atoms with Gasteiger partial charge < -0.3 is 5.32 Å². The first-order valence-corrected chi connectivity index (χ1v) is 4.90. The molecule has 3 heteroatoms. The molecule has 0 bridgehead atoms. The number of halogens is 2. The van der Waals surface area contributed by atoms with Crippen molar-refractivity contribution in [2.45, 2.75) is 0 Å². The molecule has 0 amide bonds. The first-order chi connectivity index (χ1) is 6.25. The molecule has 1 heterocycles. The van der Waals surface area contributed by atoms with E-state index in [1.54, 1.807) is 6.07 Å². The Hall–Kier alpha value is -0.670. The minimum atomic E-state index is -0.207. The molecule has 0 spiro atoms. The molecule has 0 radical (unpaired) electrons. The van der Waals surface area contributed by atoms with Crippen LogP contribution < -0.4 is 5.32 Å². The van der Waals surface area contributed by atoms with Gasteiger partial charge in [0.15, 0.2) is 0 Å². The van der Waals surface area contributed by atoms with Crippen LogP contribution in [-0.2, 0) is 0 Å². The average Bonchev–Trinajstić information content (AvgIpc) is 2.04. The predicted octanol–water partition coefficient (Wildman–Crippen LogP) is 2.57. The smallest absolute Gasteiger partial charge is 0.137 e. The summed E-state index contributed by atoms with van der Waals surface area (Å²) in [4.78, 5) is 0. The van der Waals surface area contributed by atoms with Crippen molar-refractivity contribution < 1.29 is 4.39 Å². The van der Waals surface area contributed by atoms with Crippen LogP contribution in [0.4, 0.5) is 4.39 Å². The van der Waals surface area contributed by atoms with Crippen LogP contribution in [0.1, 0.15) is 5.56 Å². The van der Waals surface area contributed by atoms with E-state index in [-0.39, 0.29) is 5.82 Å². The Kier molecular flexibility index (Phi) is 2.47. The number of nitrogens with one attached hydrogen (secondary N) is 1. The van der Waals surface area contributed by atoms with Gasteiger partial charge in [-0.3, -0.25) is 0 Å². The molecule has 68 valence electrons. The van der Waals surface area contributed by atoms with Gasteiger partial charge in [0, 0.05) is 13.1 Å². The molecule has 0 saturated carbocycles. The topological polar surface area (TPSA) is 12.0 Å². The zero-order valence-corrected chi connectivity index (χ0v) is 8.57. The minimum Gasteiger partial charge on any atom is -0.309 e. The molecule has 0 atom stereocenters. The fraction of sp³-hybridized carbons (Fsp3) is 0.200. The lowest BCUT2D eigenvalue weighted by Gasteiger charge is -2.18. The summed E-state index contributed by atoms with van der Waals surface area (Å²) < 4.78 is 13.6. The second kappa shape index (κ2) is 3.60. The standard InChI is InChI=1S/C10H9BrFN/c11-9-2-1-7(4-10(9)12)3-8-5-13-6-8/h1-4,13H,5-6H2. The molecule has 1 aliphatic heterocycles. The van der Waals surface area contributed by atoms with Gasteiger partial charge in [-0.05, 0) is 39.2 Å². The van der Waals surface area contributed by atoms with Crippen molar-refractivity contribution in [3.05, 3.63) is 39.6 Å². The van der Waals surface area contributed by atoms with Crippen molar-refractivity contribution in [3.8, 4) is 0 Å². The van der Waals surface area contributed by atoms with E-state index in [0.29, 0.717) is 4.47 Å². The largest absolute Gasteiger partial charge is 0.309 e. The first kappa shape index (κ1) is 8.91. The molecular formula is C10H9BrFN. The van der Waals surface area contributed by atoms with E-state index in [1.165, 1.54) is 11.6 Å². The maximum atomic E-state index is 13.1. The Balaban J connectivity index is 2.26. The summed E-state index contributed by atoms with van der Waals surface area (Å²) in [6, 6.07) is 5.17. The summed E-state index contributed by atoms with van der Waals surface area (Å²) in [5.74, 6) is -0.207. The van der Waals surface area contributed by atoms with Crippen LogP contribution in [0.3, 0.4) is 0 Å². The normalized spacial score (nSPS) is 15.4. The van der Waals surface area contributed by atoms with Crippen molar-refractivity contribution >= 4 is 22.0 Å². The quantitative estimate of drug-likeness (QED) is 0.798. The van der Waals surface area contributed by atoms with E-state index in [2.05, 4.69) is 21.2 Å². The van der Waals surface area contributed by atoms with E-state index in [0.717, 1.165) is 18.7 Å². The second-order valence-corrected chi connectivity index (χ2v) is 3.93. The summed E-state index contributed by atoms with van der Waals surface area (Å²) >= 11 is 3.12. The molecule has 0 unspecified atom stereocenters. The Bertz CT molecular complexity index is 354. The molecule has 1 aromatic rings. The van der Waals surface area contributed by atoms with Gasteiger partial charge in [-0.1, -0.05) is 12.1 Å². The van der Waals surface area contributed by atoms with E-state index in [4.69, 9.17) is 0 Å². The Morgan fingerprint density at radius 2 is 2.15 bits per heavy atom. The molecule has 13 heavy (non-hydrogen) atoms. The molecule has 1 saturated heterocycles. The van der Waals surface area contributed by atoms with Crippen LogP contribution in [0.25, 0.3) is 6.08 Å². The van der Waals surface area contributed by atoms with Crippen LogP contribution in [-0.4, -0.2) is 13.1 Å². The Labute approximate surface area is 84.8 Å². The van der Waals surface area contributed by atoms with Crippen LogP contribution in [0.15, 0.2) is 28.2 Å². The lowest BCUT2D eigenvalue weighted by Crippen LogP contribution is -2.33. The number of benzene rings is 1. The fourth-order valence-corrected chi connectivity index (χ4v) is 1.46. The van der Waals surface area contributed by atoms with Crippen LogP contribution >= 0.6 is 15.9 Å². The highest BCUT2D eigenvalue weighted by Crippen LogP contribution is 2.18. The lowest BCUT2D eigenvalue weighted by molar-refractivity contribution is 0.620. The van der Waals surface area contributed by atoms with Gasteiger partial charge in [0.1, 0.15) is 5.82 Å². The van der Waals surface area contributed by atoms with Crippen LogP contribution in [0.2, 0.25) is 0 Å². The first-order valence-electron chi connectivity index (χ1n) is 4.11. The summed E-state index contributed by atoms with van der Waals surface area (Å²) in [7, 11) is 0. The third kappa shape index (κ3) is 1.98. The number of hydrogen-bond donors (Lipinski definition) is 1. The van der Waals surface area contributed by atoms with E-state index < -0.39 is 0 Å². The second-order valence-electron chi connectivity index (χ2n) is 3.08. The zero-order valence-electron chi connectivity index (χ0n) is 6.98. The SMILES string of the molecule is Fc1cc(C=C2CNC2)ccc1Br. The van der Waals surface area contributed by atoms with Crippen LogP contribution in [0.5, 0.6) is 0 Å². The Morgan fingerprint density at radius 1 is 1.38 bits per heavy atom. The fourth-order valence-electron chi connectivity index (χ4n) is 1.21. The van der Waals surface area contributed by atoms with Gasteiger partial charge in [0.25, 0.3) is 0 Å². The van der Waals surface area contributed by atoms with Gasteiger partial charge in [-0.2, -0.15) is 0 Å². The summed E-state index contributed by atoms with van der Waals surface area (Å²) in [6.07, 6.45) is 2.02. The number of rotatable bonds is 1. The van der Waals surface area contributed by atoms with E-state index in [9.17, 15) is 4.39 Å². The summed E-state index contributed by atoms with van der Waals surface area (Å²) in [5, 5.41) is 3.14. The molecule has 1 aromatic carbocycles. The van der Waals surface area contributed by atoms with Crippen molar-refractivity contribution in [3.63, 3.8) is 0 Å². The molecule has 2 rings (SSSR count). The predicted molar refractivity (Wildman–Crippen MR) is 54.9 cm³/mol. The molecule has 1 nitrogen and oxygen atoms in total. The van der Waals surface area contributed by atoms with Crippen molar-refractivity contribution in [2.24, 2.45) is 0 Å². The zero-order chi connectivity index (χ0) is 9.26. The van der Waals surface area contributed by atoms with Gasteiger partial charge in [0.2, 0.25) is 0 Å². The molecule has 1 aliphatic rings. The molecule has 0 aliphatic carbocycles. The monoisotopic (exact) mass is 241 g/mol. The molecule has 1 fully saturated rings. The highest BCUT2D eigenvalue weighted by atomic mass is 79.9. The highest BCUT2D eigenvalue weighted by Gasteiger charge is 2.07. The van der Waals surface area contributed by atoms with E-state index >= 15 is 0 Å². The van der Waals surface area contributed by atoms with Gasteiger partial charge in [-0.25, -0.2) is 4.39 Å². The van der Waals surface area contributed by atoms with Gasteiger partial charge >= 0.3 is 0 Å². The van der Waals surface area contributed by atoms with Crippen molar-refractivity contribution in [1.29, 1.82) is 0 Å². The molecular weight excluding hydrogens is 233 g/mol. The van der Waals surface area contributed by atoms with Gasteiger partial charge in [-0.15, -0.1) is 0 Å². The minimum absolute atomic E-state index is 0.207. The maximum Gasteiger partial charge on any atom is 0.137 e. The summed E-state index contributed by atoms with van der Waals surface area (Å²) in [5.41, 5.74) is 2.25. The molecule has 0 aromatic heterocycles. The Morgan fingerprint density at radius 3 is 2.69 bits per heavy atom. The van der Waals surface area contributed by atoms with Crippen molar-refractivity contribution in [1.82, 2.24) is 5.32 Å². The highest BCUT2D eigenvalue weighted by molar-refractivity contribution is 9.10. The maximum absolute atomic E-state index is 13.1. The third-order valence-electron chi connectivity index (χ3n) is 2.02. The van der Waals surface area contributed by atoms with Crippen LogP contribution in [0, 0.1) is 5.82 Å². The van der Waals surface area contributed by atoms with E-state index in [1.807, 2.05) is 12.1 Å². The lowest BCUT2D eigenvalue weighted by atomic mass is 10.1. The van der Waals surface area contributed by atoms with Crippen molar-refractivity contribution in [2.75, 3.05) is 13.1 Å². The molecule has 1 N–H and O–H groups in total.